The number of benzene rings is 1. The zero-order valence-electron chi connectivity index (χ0n) is 9.80. The van der Waals surface area contributed by atoms with Gasteiger partial charge in [-0.3, -0.25) is 4.90 Å². The molecule has 1 atom stereocenters. The topological polar surface area (TPSA) is 32.7 Å². The predicted molar refractivity (Wildman–Crippen MR) is 66.4 cm³/mol. The Morgan fingerprint density at radius 1 is 1.24 bits per heavy atom. The van der Waals surface area contributed by atoms with E-state index < -0.39 is 6.10 Å². The van der Waals surface area contributed by atoms with Crippen LogP contribution in [0.15, 0.2) is 30.3 Å². The minimum absolute atomic E-state index is 0.683. The molecule has 1 saturated heterocycles. The van der Waals surface area contributed by atoms with Gasteiger partial charge in [-0.1, -0.05) is 42.2 Å². The fourth-order valence-electron chi connectivity index (χ4n) is 1.73. The van der Waals surface area contributed by atoms with Crippen molar-refractivity contribution in [2.45, 2.75) is 6.10 Å². The number of ether oxygens (including phenoxy) is 1. The predicted octanol–water partition coefficient (Wildman–Crippen LogP) is 1.06. The van der Waals surface area contributed by atoms with Gasteiger partial charge in [-0.05, 0) is 5.56 Å². The van der Waals surface area contributed by atoms with Gasteiger partial charge in [-0.15, -0.1) is 0 Å². The molecular weight excluding hydrogens is 214 g/mol. The molecule has 0 amide bonds. The third-order valence-electron chi connectivity index (χ3n) is 2.76. The SMILES string of the molecule is O[C@@H](C#CCN1CCOCC1)c1ccccc1. The maximum absolute atomic E-state index is 9.83. The second-order valence-electron chi connectivity index (χ2n) is 4.02. The van der Waals surface area contributed by atoms with Crippen LogP contribution in [0.25, 0.3) is 0 Å². The first-order valence-corrected chi connectivity index (χ1v) is 5.88. The third kappa shape index (κ3) is 3.86. The van der Waals surface area contributed by atoms with E-state index in [1.807, 2.05) is 30.3 Å². The van der Waals surface area contributed by atoms with Crippen LogP contribution >= 0.6 is 0 Å². The lowest BCUT2D eigenvalue weighted by Gasteiger charge is -2.24. The number of nitrogens with zero attached hydrogens (tertiary/aromatic N) is 1. The summed E-state index contributed by atoms with van der Waals surface area (Å²) in [5.41, 5.74) is 0.849. The number of aliphatic hydroxyl groups excluding tert-OH is 1. The molecule has 1 N–H and O–H groups in total. The van der Waals surface area contributed by atoms with Crippen molar-refractivity contribution < 1.29 is 9.84 Å². The molecule has 0 radical (unpaired) electrons. The van der Waals surface area contributed by atoms with Gasteiger partial charge in [0.05, 0.1) is 19.8 Å². The molecule has 1 aliphatic heterocycles. The molecule has 1 aliphatic rings. The Morgan fingerprint density at radius 3 is 2.65 bits per heavy atom. The summed E-state index contributed by atoms with van der Waals surface area (Å²) in [6.45, 7) is 4.12. The number of aliphatic hydroxyl groups is 1. The Labute approximate surface area is 102 Å². The first kappa shape index (κ1) is 12.1. The number of morpholine rings is 1. The molecule has 1 aromatic carbocycles. The average Bonchev–Trinajstić information content (AvgIpc) is 2.41. The van der Waals surface area contributed by atoms with Crippen molar-refractivity contribution in [1.82, 2.24) is 4.90 Å². The van der Waals surface area contributed by atoms with Gasteiger partial charge in [0.15, 0.2) is 0 Å². The lowest BCUT2D eigenvalue weighted by Crippen LogP contribution is -2.36. The van der Waals surface area contributed by atoms with E-state index in [1.165, 1.54) is 0 Å². The van der Waals surface area contributed by atoms with Gasteiger partial charge in [-0.2, -0.15) is 0 Å². The monoisotopic (exact) mass is 231 g/mol. The second kappa shape index (κ2) is 6.41. The standard InChI is InChI=1S/C14H17NO2/c16-14(13-5-2-1-3-6-13)7-4-8-15-9-11-17-12-10-15/h1-3,5-6,14,16H,8-12H2/t14-/m0/s1. The Balaban J connectivity index is 1.84. The van der Waals surface area contributed by atoms with Crippen molar-refractivity contribution in [3.05, 3.63) is 35.9 Å². The Hall–Kier alpha value is -1.34. The van der Waals surface area contributed by atoms with Gasteiger partial charge in [-0.25, -0.2) is 0 Å². The first-order chi connectivity index (χ1) is 8.36. The molecule has 0 spiro atoms. The van der Waals surface area contributed by atoms with E-state index in [0.29, 0.717) is 6.54 Å². The van der Waals surface area contributed by atoms with Crippen LogP contribution in [-0.2, 0) is 4.74 Å². The molecule has 2 rings (SSSR count). The average molecular weight is 231 g/mol. The smallest absolute Gasteiger partial charge is 0.140 e. The van der Waals surface area contributed by atoms with Gasteiger partial charge in [0.2, 0.25) is 0 Å². The van der Waals surface area contributed by atoms with Gasteiger partial charge in [0, 0.05) is 13.1 Å². The summed E-state index contributed by atoms with van der Waals surface area (Å²) in [4.78, 5) is 2.23. The van der Waals surface area contributed by atoms with E-state index in [1.54, 1.807) is 0 Å². The summed E-state index contributed by atoms with van der Waals surface area (Å²) < 4.78 is 5.26. The zero-order chi connectivity index (χ0) is 11.9. The summed E-state index contributed by atoms with van der Waals surface area (Å²) >= 11 is 0. The van der Waals surface area contributed by atoms with Crippen LogP contribution in [0, 0.1) is 11.8 Å². The molecule has 1 heterocycles. The van der Waals surface area contributed by atoms with E-state index in [9.17, 15) is 5.11 Å². The van der Waals surface area contributed by atoms with Crippen molar-refractivity contribution in [3.8, 4) is 11.8 Å². The maximum Gasteiger partial charge on any atom is 0.140 e. The fourth-order valence-corrected chi connectivity index (χ4v) is 1.73. The van der Waals surface area contributed by atoms with Crippen molar-refractivity contribution >= 4 is 0 Å². The van der Waals surface area contributed by atoms with E-state index >= 15 is 0 Å². The molecule has 0 unspecified atom stereocenters. The summed E-state index contributed by atoms with van der Waals surface area (Å²) in [5.74, 6) is 5.89. The molecule has 17 heavy (non-hydrogen) atoms. The van der Waals surface area contributed by atoms with Gasteiger partial charge < -0.3 is 9.84 Å². The van der Waals surface area contributed by atoms with Gasteiger partial charge >= 0.3 is 0 Å². The molecule has 90 valence electrons. The van der Waals surface area contributed by atoms with E-state index in [2.05, 4.69) is 16.7 Å². The van der Waals surface area contributed by atoms with Crippen LogP contribution in [0.5, 0.6) is 0 Å². The molecule has 0 aromatic heterocycles. The third-order valence-corrected chi connectivity index (χ3v) is 2.76. The van der Waals surface area contributed by atoms with Crippen molar-refractivity contribution in [3.63, 3.8) is 0 Å². The Kier molecular flexibility index (Phi) is 4.57. The van der Waals surface area contributed by atoms with Crippen molar-refractivity contribution in [2.24, 2.45) is 0 Å². The van der Waals surface area contributed by atoms with E-state index in [4.69, 9.17) is 4.74 Å². The highest BCUT2D eigenvalue weighted by atomic mass is 16.5. The van der Waals surface area contributed by atoms with Crippen LogP contribution in [0.3, 0.4) is 0 Å². The molecule has 1 aromatic rings. The molecular formula is C14H17NO2. The normalized spacial score (nSPS) is 18.2. The van der Waals surface area contributed by atoms with E-state index in [0.717, 1.165) is 31.9 Å². The lowest BCUT2D eigenvalue weighted by atomic mass is 10.1. The summed E-state index contributed by atoms with van der Waals surface area (Å²) in [6, 6.07) is 9.50. The quantitative estimate of drug-likeness (QED) is 0.772. The van der Waals surface area contributed by atoms with Crippen LogP contribution in [-0.4, -0.2) is 42.9 Å². The maximum atomic E-state index is 9.83. The molecule has 0 bridgehead atoms. The van der Waals surface area contributed by atoms with Crippen LogP contribution < -0.4 is 0 Å². The number of hydrogen-bond donors (Lipinski definition) is 1. The largest absolute Gasteiger partial charge is 0.379 e. The van der Waals surface area contributed by atoms with E-state index in [-0.39, 0.29) is 0 Å². The minimum atomic E-state index is -0.683. The highest BCUT2D eigenvalue weighted by Gasteiger charge is 2.08. The Bertz CT molecular complexity index is 388. The molecule has 3 heteroatoms. The van der Waals surface area contributed by atoms with Crippen molar-refractivity contribution in [2.75, 3.05) is 32.8 Å². The number of rotatable bonds is 2. The van der Waals surface area contributed by atoms with Crippen LogP contribution in [0.4, 0.5) is 0 Å². The number of hydrogen-bond acceptors (Lipinski definition) is 3. The highest BCUT2D eigenvalue weighted by Crippen LogP contribution is 2.10. The molecule has 0 saturated carbocycles. The van der Waals surface area contributed by atoms with Gasteiger partial charge in [0.25, 0.3) is 0 Å². The molecule has 3 nitrogen and oxygen atoms in total. The summed E-state index contributed by atoms with van der Waals surface area (Å²) in [7, 11) is 0. The second-order valence-corrected chi connectivity index (χ2v) is 4.02. The van der Waals surface area contributed by atoms with Crippen molar-refractivity contribution in [1.29, 1.82) is 0 Å². The first-order valence-electron chi connectivity index (χ1n) is 5.88. The fraction of sp³-hybridized carbons (Fsp3) is 0.429. The Morgan fingerprint density at radius 2 is 1.94 bits per heavy atom. The summed E-state index contributed by atoms with van der Waals surface area (Å²) in [6.07, 6.45) is -0.683. The molecule has 1 fully saturated rings. The molecule has 0 aliphatic carbocycles. The van der Waals surface area contributed by atoms with Gasteiger partial charge in [0.1, 0.15) is 6.10 Å². The van der Waals surface area contributed by atoms with Crippen LogP contribution in [0.2, 0.25) is 0 Å². The summed E-state index contributed by atoms with van der Waals surface area (Å²) in [5, 5.41) is 9.83. The zero-order valence-corrected chi connectivity index (χ0v) is 9.80. The lowest BCUT2D eigenvalue weighted by molar-refractivity contribution is 0.0443. The van der Waals surface area contributed by atoms with Crippen LogP contribution in [0.1, 0.15) is 11.7 Å². The highest BCUT2D eigenvalue weighted by molar-refractivity contribution is 5.24. The minimum Gasteiger partial charge on any atom is -0.379 e.